The number of carboxylic acids is 1. The number of unbranched alkanes of at least 4 members (excludes halogenated alkanes) is 37. The number of amides is 2. The Balaban J connectivity index is 1.54. The molecule has 3 rings (SSSR count). The average Bonchev–Trinajstić information content (AvgIpc) is 0.765. The van der Waals surface area contributed by atoms with Crippen LogP contribution in [0.1, 0.15) is 290 Å². The molecule has 0 spiro atoms. The van der Waals surface area contributed by atoms with E-state index >= 15 is 0 Å². The minimum absolute atomic E-state index is 0.229. The van der Waals surface area contributed by atoms with Gasteiger partial charge in [0.15, 0.2) is 12.6 Å². The van der Waals surface area contributed by atoms with Gasteiger partial charge in [0, 0.05) is 19.8 Å². The lowest BCUT2D eigenvalue weighted by atomic mass is 9.88. The first-order valence-electron chi connectivity index (χ1n) is 36.9. The van der Waals surface area contributed by atoms with Crippen LogP contribution in [-0.4, -0.2) is 215 Å². The summed E-state index contributed by atoms with van der Waals surface area (Å²) in [5.74, 6) is -6.09. The summed E-state index contributed by atoms with van der Waals surface area (Å²) in [7, 11) is 0. The maximum absolute atomic E-state index is 13.5. The van der Waals surface area contributed by atoms with Crippen LogP contribution in [0.3, 0.4) is 0 Å². The van der Waals surface area contributed by atoms with Gasteiger partial charge in [-0.05, 0) is 12.8 Å². The Labute approximate surface area is 557 Å². The standard InChI is InChI=1S/C70H132N2O21/c1-4-6-8-10-12-14-16-18-20-21-22-23-24-25-26-27-28-29-30-31-33-35-37-39-41-43-52(77)51(72-57(80)44-42-40-38-36-34-32-19-17-15-13-11-9-7-5-2)49-88-67-62(84)61(83)64(56(48-75)90-67)91-68-63(85)66(60(82)55(47-74)89-68)93-70(69(86)87)45-53(78)58(71-50(3)76)65(92-70)59(81)54(79)46-73/h51-56,58-68,73-75,77-79,81-85H,4-49H2,1-3H3,(H,71,76)(H,72,80)(H,86,87). The molecule has 23 heteroatoms. The zero-order chi connectivity index (χ0) is 68.2. The molecule has 0 bridgehead atoms. The van der Waals surface area contributed by atoms with Crippen molar-refractivity contribution in [2.75, 3.05) is 26.4 Å². The molecule has 14 N–H and O–H groups in total. The number of aliphatic hydroxyl groups excluding tert-OH is 11. The first-order chi connectivity index (χ1) is 44.9. The van der Waals surface area contributed by atoms with E-state index < -0.39 is 148 Å². The SMILES string of the molecule is CCCCCCCCCCCCCCCCCCCCCCCCCCCC(O)C(COC1OC(CO)C(OC2OC(CO)C(O)C(OC3(C(=O)O)CC(O)C(NC(C)=O)C(C(O)C(O)CO)O3)C2O)C(O)C1O)NC(=O)CCCCCCCCCCCCCCCC. The third-order valence-electron chi connectivity index (χ3n) is 19.1. The Morgan fingerprint density at radius 2 is 0.935 bits per heavy atom. The molecule has 3 heterocycles. The lowest BCUT2D eigenvalue weighted by molar-refractivity contribution is -0.386. The van der Waals surface area contributed by atoms with E-state index in [-0.39, 0.29) is 18.9 Å². The van der Waals surface area contributed by atoms with E-state index in [4.69, 9.17) is 28.4 Å². The first-order valence-corrected chi connectivity index (χ1v) is 36.9. The quantitative estimate of drug-likeness (QED) is 0.0260. The van der Waals surface area contributed by atoms with Gasteiger partial charge in [0.1, 0.15) is 67.1 Å². The molecule has 3 fully saturated rings. The summed E-state index contributed by atoms with van der Waals surface area (Å²) in [4.78, 5) is 38.6. The number of carbonyl (C=O) groups excluding carboxylic acids is 2. The average molecular weight is 1340 g/mol. The van der Waals surface area contributed by atoms with Gasteiger partial charge in [0.2, 0.25) is 11.8 Å². The number of nitrogens with one attached hydrogen (secondary N) is 2. The second-order valence-electron chi connectivity index (χ2n) is 27.2. The molecule has 0 radical (unpaired) electrons. The third-order valence-corrected chi connectivity index (χ3v) is 19.1. The molecule has 3 saturated heterocycles. The van der Waals surface area contributed by atoms with Crippen LogP contribution >= 0.6 is 0 Å². The zero-order valence-electron chi connectivity index (χ0n) is 57.4. The highest BCUT2D eigenvalue weighted by Crippen LogP contribution is 2.39. The molecule has 3 aliphatic rings. The Hall–Kier alpha value is -2.27. The van der Waals surface area contributed by atoms with Crippen molar-refractivity contribution in [3.8, 4) is 0 Å². The summed E-state index contributed by atoms with van der Waals surface area (Å²) in [5, 5.41) is 136. The molecule has 18 unspecified atom stereocenters. The van der Waals surface area contributed by atoms with Crippen molar-refractivity contribution >= 4 is 17.8 Å². The third kappa shape index (κ3) is 33.0. The van der Waals surface area contributed by atoms with Crippen LogP contribution < -0.4 is 10.6 Å². The second-order valence-corrected chi connectivity index (χ2v) is 27.2. The van der Waals surface area contributed by atoms with E-state index in [1.54, 1.807) is 0 Å². The lowest BCUT2D eigenvalue weighted by Gasteiger charge is -2.50. The molecule has 0 aromatic rings. The van der Waals surface area contributed by atoms with Crippen molar-refractivity contribution in [3.05, 3.63) is 0 Å². The van der Waals surface area contributed by atoms with E-state index in [9.17, 15) is 75.7 Å². The fraction of sp³-hybridized carbons (Fsp3) is 0.957. The number of hydrogen-bond acceptors (Lipinski definition) is 20. The summed E-state index contributed by atoms with van der Waals surface area (Å²) in [5.41, 5.74) is 0. The van der Waals surface area contributed by atoms with Gasteiger partial charge in [-0.2, -0.15) is 0 Å². The number of aliphatic carboxylic acids is 1. The van der Waals surface area contributed by atoms with E-state index in [1.807, 2.05) is 0 Å². The molecule has 548 valence electrons. The summed E-state index contributed by atoms with van der Waals surface area (Å²) in [6.07, 6.45) is 19.6. The summed E-state index contributed by atoms with van der Waals surface area (Å²) >= 11 is 0. The molecule has 2 amide bonds. The number of aliphatic hydroxyl groups is 11. The molecule has 0 aliphatic carbocycles. The molecular weight excluding hydrogens is 1200 g/mol. The summed E-state index contributed by atoms with van der Waals surface area (Å²) in [6.45, 7) is 2.23. The van der Waals surface area contributed by atoms with Gasteiger partial charge in [-0.25, -0.2) is 4.79 Å². The number of ether oxygens (including phenoxy) is 6. The van der Waals surface area contributed by atoms with E-state index in [2.05, 4.69) is 24.5 Å². The highest BCUT2D eigenvalue weighted by atomic mass is 16.8. The van der Waals surface area contributed by atoms with E-state index in [1.165, 1.54) is 186 Å². The molecule has 3 aliphatic heterocycles. The minimum atomic E-state index is -3.08. The smallest absolute Gasteiger partial charge is 0.364 e. The zero-order valence-corrected chi connectivity index (χ0v) is 57.4. The second kappa shape index (κ2) is 51.0. The van der Waals surface area contributed by atoms with Gasteiger partial charge in [-0.3, -0.25) is 9.59 Å². The molecule has 18 atom stereocenters. The van der Waals surface area contributed by atoms with Gasteiger partial charge in [-0.1, -0.05) is 258 Å². The number of rotatable bonds is 57. The van der Waals surface area contributed by atoms with E-state index in [0.29, 0.717) is 19.3 Å². The van der Waals surface area contributed by atoms with Gasteiger partial charge in [0.25, 0.3) is 5.79 Å². The summed E-state index contributed by atoms with van der Waals surface area (Å²) in [6, 6.07) is -2.52. The fourth-order valence-electron chi connectivity index (χ4n) is 13.2. The number of carbonyl (C=O) groups is 3. The Bertz CT molecular complexity index is 1880. The predicted octanol–water partition coefficient (Wildman–Crippen LogP) is 7.68. The maximum atomic E-state index is 13.5. The van der Waals surface area contributed by atoms with Gasteiger partial charge in [0.05, 0.1) is 50.7 Å². The van der Waals surface area contributed by atoms with Crippen molar-refractivity contribution in [1.82, 2.24) is 10.6 Å². The Morgan fingerprint density at radius 1 is 0.516 bits per heavy atom. The maximum Gasteiger partial charge on any atom is 0.364 e. The van der Waals surface area contributed by atoms with Gasteiger partial charge in [-0.15, -0.1) is 0 Å². The van der Waals surface area contributed by atoms with Crippen molar-refractivity contribution in [1.29, 1.82) is 0 Å². The number of hydrogen-bond donors (Lipinski definition) is 14. The highest BCUT2D eigenvalue weighted by molar-refractivity contribution is 5.77. The topological polar surface area (TPSA) is 373 Å². The fourth-order valence-corrected chi connectivity index (χ4v) is 13.2. The molecule has 0 saturated carbocycles. The van der Waals surface area contributed by atoms with Crippen LogP contribution in [0.5, 0.6) is 0 Å². The van der Waals surface area contributed by atoms with Crippen molar-refractivity contribution in [2.45, 2.75) is 400 Å². The first kappa shape index (κ1) is 85.0. The van der Waals surface area contributed by atoms with Crippen LogP contribution in [0.15, 0.2) is 0 Å². The number of carboxylic acid groups (broad SMARTS) is 1. The van der Waals surface area contributed by atoms with Crippen molar-refractivity contribution in [3.63, 3.8) is 0 Å². The van der Waals surface area contributed by atoms with Crippen molar-refractivity contribution in [2.24, 2.45) is 0 Å². The molecule has 0 aromatic heterocycles. The molecule has 0 aromatic carbocycles. The van der Waals surface area contributed by atoms with Gasteiger partial charge < -0.3 is 100 Å². The molecule has 23 nitrogen and oxygen atoms in total. The monoisotopic (exact) mass is 1340 g/mol. The van der Waals surface area contributed by atoms with Crippen molar-refractivity contribution < 1.29 is 104 Å². The van der Waals surface area contributed by atoms with Gasteiger partial charge >= 0.3 is 5.97 Å². The van der Waals surface area contributed by atoms with Crippen LogP contribution in [0.2, 0.25) is 0 Å². The Kier molecular flexibility index (Phi) is 46.6. The van der Waals surface area contributed by atoms with Crippen LogP contribution in [0.25, 0.3) is 0 Å². The molecule has 93 heavy (non-hydrogen) atoms. The van der Waals surface area contributed by atoms with Crippen LogP contribution in [-0.2, 0) is 42.8 Å². The molecular formula is C70H132N2O21. The Morgan fingerprint density at radius 3 is 1.34 bits per heavy atom. The largest absolute Gasteiger partial charge is 0.477 e. The highest BCUT2D eigenvalue weighted by Gasteiger charge is 2.60. The van der Waals surface area contributed by atoms with Crippen LogP contribution in [0, 0.1) is 0 Å². The minimum Gasteiger partial charge on any atom is -0.477 e. The normalized spacial score (nSPS) is 28.0. The lowest BCUT2D eigenvalue weighted by Crippen LogP contribution is -2.70. The predicted molar refractivity (Wildman–Crippen MR) is 352 cm³/mol. The van der Waals surface area contributed by atoms with E-state index in [0.717, 1.165) is 58.3 Å². The van der Waals surface area contributed by atoms with Crippen LogP contribution in [0.4, 0.5) is 0 Å². The summed E-state index contributed by atoms with van der Waals surface area (Å²) < 4.78 is 34.9.